The van der Waals surface area contributed by atoms with Crippen LogP contribution in [0.15, 0.2) is 22.6 Å². The van der Waals surface area contributed by atoms with Crippen molar-refractivity contribution in [2.24, 2.45) is 0 Å². The number of amides is 1. The molecule has 1 unspecified atom stereocenters. The molecule has 0 spiro atoms. The van der Waals surface area contributed by atoms with E-state index in [1.165, 1.54) is 0 Å². The number of aryl methyl sites for hydroxylation is 1. The molecule has 1 aromatic carbocycles. The van der Waals surface area contributed by atoms with Gasteiger partial charge in [-0.15, -0.1) is 0 Å². The minimum Gasteiger partial charge on any atom is -0.441 e. The molecule has 0 saturated heterocycles. The van der Waals surface area contributed by atoms with Crippen LogP contribution in [0.25, 0.3) is 11.1 Å². The molecule has 2 rings (SSSR count). The van der Waals surface area contributed by atoms with Crippen LogP contribution in [-0.2, 0) is 4.79 Å². The van der Waals surface area contributed by atoms with Crippen molar-refractivity contribution in [1.82, 2.24) is 10.3 Å². The van der Waals surface area contributed by atoms with Gasteiger partial charge in [0.05, 0.1) is 0 Å². The molecule has 0 saturated carbocycles. The van der Waals surface area contributed by atoms with Crippen LogP contribution in [0.1, 0.15) is 19.2 Å². The van der Waals surface area contributed by atoms with Gasteiger partial charge >= 0.3 is 0 Å². The van der Waals surface area contributed by atoms with Gasteiger partial charge < -0.3 is 15.1 Å². The van der Waals surface area contributed by atoms with E-state index in [0.717, 1.165) is 11.2 Å². The number of carbonyl (C=O) groups excluding carboxylic acids is 1. The molecule has 96 valence electrons. The smallest absolute Gasteiger partial charge is 0.225 e. The molecular formula is C13H17N3O2. The number of nitrogens with zero attached hydrogens (tertiary/aromatic N) is 1. The van der Waals surface area contributed by atoms with Crippen LogP contribution in [0.2, 0.25) is 0 Å². The fourth-order valence-corrected chi connectivity index (χ4v) is 1.71. The summed E-state index contributed by atoms with van der Waals surface area (Å²) in [5, 5.41) is 5.87. The topological polar surface area (TPSA) is 67.2 Å². The lowest BCUT2D eigenvalue weighted by molar-refractivity contribution is -0.116. The van der Waals surface area contributed by atoms with Gasteiger partial charge in [0.15, 0.2) is 11.5 Å². The van der Waals surface area contributed by atoms with Crippen LogP contribution in [0, 0.1) is 6.92 Å². The van der Waals surface area contributed by atoms with Crippen LogP contribution < -0.4 is 10.6 Å². The summed E-state index contributed by atoms with van der Waals surface area (Å²) in [5.74, 6) is 0.602. The van der Waals surface area contributed by atoms with Gasteiger partial charge in [0.1, 0.15) is 5.52 Å². The van der Waals surface area contributed by atoms with E-state index in [4.69, 9.17) is 4.42 Å². The third-order valence-electron chi connectivity index (χ3n) is 2.76. The average molecular weight is 247 g/mol. The fourth-order valence-electron chi connectivity index (χ4n) is 1.71. The molecule has 0 fully saturated rings. The molecule has 5 nitrogen and oxygen atoms in total. The molecule has 1 atom stereocenters. The standard InChI is InChI=1S/C13H17N3O2/c1-8(14-3)6-13(17)16-10-4-5-11-12(7-10)18-9(2)15-11/h4-5,7-8,14H,6H2,1-3H3,(H,16,17). The number of nitrogens with one attached hydrogen (secondary N) is 2. The first kappa shape index (κ1) is 12.6. The minimum atomic E-state index is -0.0209. The van der Waals surface area contributed by atoms with Crippen LogP contribution in [0.3, 0.4) is 0 Å². The molecule has 0 aliphatic rings. The number of benzene rings is 1. The van der Waals surface area contributed by atoms with Crippen LogP contribution >= 0.6 is 0 Å². The molecule has 2 aromatic rings. The number of oxazole rings is 1. The maximum absolute atomic E-state index is 11.7. The monoisotopic (exact) mass is 247 g/mol. The summed E-state index contributed by atoms with van der Waals surface area (Å²) in [5.41, 5.74) is 2.22. The molecule has 1 aromatic heterocycles. The molecule has 0 aliphatic carbocycles. The Morgan fingerprint density at radius 2 is 2.28 bits per heavy atom. The summed E-state index contributed by atoms with van der Waals surface area (Å²) in [6.07, 6.45) is 0.434. The lowest BCUT2D eigenvalue weighted by Crippen LogP contribution is -2.27. The Kier molecular flexibility index (Phi) is 3.62. The molecule has 1 amide bonds. The number of anilines is 1. The second-order valence-electron chi connectivity index (χ2n) is 4.36. The maximum Gasteiger partial charge on any atom is 0.225 e. The lowest BCUT2D eigenvalue weighted by Gasteiger charge is -2.10. The fraction of sp³-hybridized carbons (Fsp3) is 0.385. The van der Waals surface area contributed by atoms with E-state index in [2.05, 4.69) is 15.6 Å². The van der Waals surface area contributed by atoms with E-state index in [0.29, 0.717) is 17.9 Å². The highest BCUT2D eigenvalue weighted by atomic mass is 16.3. The molecule has 0 bridgehead atoms. The second-order valence-corrected chi connectivity index (χ2v) is 4.36. The van der Waals surface area contributed by atoms with Gasteiger partial charge in [-0.2, -0.15) is 0 Å². The van der Waals surface area contributed by atoms with E-state index in [9.17, 15) is 4.79 Å². The van der Waals surface area contributed by atoms with Gasteiger partial charge in [0.2, 0.25) is 5.91 Å². The predicted octanol–water partition coefficient (Wildman–Crippen LogP) is 2.07. The summed E-state index contributed by atoms with van der Waals surface area (Å²) in [6, 6.07) is 5.60. The summed E-state index contributed by atoms with van der Waals surface area (Å²) >= 11 is 0. The van der Waals surface area contributed by atoms with E-state index in [-0.39, 0.29) is 11.9 Å². The zero-order valence-corrected chi connectivity index (χ0v) is 10.8. The largest absolute Gasteiger partial charge is 0.441 e. The lowest BCUT2D eigenvalue weighted by atomic mass is 10.2. The Morgan fingerprint density at radius 3 is 3.00 bits per heavy atom. The Bertz CT molecular complexity index is 562. The van der Waals surface area contributed by atoms with E-state index in [1.54, 1.807) is 13.0 Å². The van der Waals surface area contributed by atoms with Gasteiger partial charge in [0, 0.05) is 31.1 Å². The molecule has 0 aliphatic heterocycles. The Labute approximate surface area is 106 Å². The summed E-state index contributed by atoms with van der Waals surface area (Å²) in [7, 11) is 1.83. The summed E-state index contributed by atoms with van der Waals surface area (Å²) in [4.78, 5) is 15.9. The van der Waals surface area contributed by atoms with Crippen LogP contribution in [0.4, 0.5) is 5.69 Å². The third kappa shape index (κ3) is 2.87. The van der Waals surface area contributed by atoms with Crippen molar-refractivity contribution in [3.63, 3.8) is 0 Å². The first-order chi connectivity index (χ1) is 8.58. The molecular weight excluding hydrogens is 230 g/mol. The van der Waals surface area contributed by atoms with E-state index < -0.39 is 0 Å². The van der Waals surface area contributed by atoms with Crippen molar-refractivity contribution in [2.75, 3.05) is 12.4 Å². The number of rotatable bonds is 4. The predicted molar refractivity (Wildman–Crippen MR) is 70.5 cm³/mol. The molecule has 5 heteroatoms. The first-order valence-corrected chi connectivity index (χ1v) is 5.93. The van der Waals surface area contributed by atoms with Gasteiger partial charge in [0.25, 0.3) is 0 Å². The molecule has 0 radical (unpaired) electrons. The zero-order valence-electron chi connectivity index (χ0n) is 10.8. The van der Waals surface area contributed by atoms with Gasteiger partial charge in [-0.3, -0.25) is 4.79 Å². The quantitative estimate of drug-likeness (QED) is 0.868. The molecule has 2 N–H and O–H groups in total. The second kappa shape index (κ2) is 5.18. The van der Waals surface area contributed by atoms with Crippen molar-refractivity contribution in [2.45, 2.75) is 26.3 Å². The minimum absolute atomic E-state index is 0.0209. The molecule has 1 heterocycles. The summed E-state index contributed by atoms with van der Waals surface area (Å²) < 4.78 is 5.42. The average Bonchev–Trinajstić information content (AvgIpc) is 2.68. The maximum atomic E-state index is 11.7. The first-order valence-electron chi connectivity index (χ1n) is 5.93. The highest BCUT2D eigenvalue weighted by molar-refractivity contribution is 5.93. The number of carbonyl (C=O) groups is 1. The number of hydrogen-bond acceptors (Lipinski definition) is 4. The summed E-state index contributed by atoms with van der Waals surface area (Å²) in [6.45, 7) is 3.76. The SMILES string of the molecule is CNC(C)CC(=O)Nc1ccc2nc(C)oc2c1. The van der Waals surface area contributed by atoms with Crippen molar-refractivity contribution < 1.29 is 9.21 Å². The van der Waals surface area contributed by atoms with Gasteiger partial charge in [-0.05, 0) is 26.1 Å². The van der Waals surface area contributed by atoms with Gasteiger partial charge in [-0.25, -0.2) is 4.98 Å². The highest BCUT2D eigenvalue weighted by Crippen LogP contribution is 2.19. The number of aromatic nitrogens is 1. The van der Waals surface area contributed by atoms with Crippen molar-refractivity contribution in [3.05, 3.63) is 24.1 Å². The van der Waals surface area contributed by atoms with E-state index >= 15 is 0 Å². The Hall–Kier alpha value is -1.88. The third-order valence-corrected chi connectivity index (χ3v) is 2.76. The highest BCUT2D eigenvalue weighted by Gasteiger charge is 2.09. The van der Waals surface area contributed by atoms with Crippen molar-refractivity contribution >= 4 is 22.7 Å². The van der Waals surface area contributed by atoms with Gasteiger partial charge in [-0.1, -0.05) is 0 Å². The van der Waals surface area contributed by atoms with Crippen molar-refractivity contribution in [1.29, 1.82) is 0 Å². The normalized spacial score (nSPS) is 12.6. The van der Waals surface area contributed by atoms with Crippen LogP contribution in [0.5, 0.6) is 0 Å². The number of fused-ring (bicyclic) bond motifs is 1. The van der Waals surface area contributed by atoms with Crippen LogP contribution in [-0.4, -0.2) is 24.0 Å². The Morgan fingerprint density at radius 1 is 1.50 bits per heavy atom. The van der Waals surface area contributed by atoms with Crippen molar-refractivity contribution in [3.8, 4) is 0 Å². The number of hydrogen-bond donors (Lipinski definition) is 2. The van der Waals surface area contributed by atoms with E-state index in [1.807, 2.05) is 26.1 Å². The Balaban J connectivity index is 2.09. The molecule has 18 heavy (non-hydrogen) atoms. The zero-order chi connectivity index (χ0) is 13.1.